The lowest BCUT2D eigenvalue weighted by atomic mass is 10.00. The van der Waals surface area contributed by atoms with E-state index < -0.39 is 6.17 Å². The molecule has 5 nitrogen and oxygen atoms in total. The number of rotatable bonds is 6. The highest BCUT2D eigenvalue weighted by atomic mass is 19.1. The van der Waals surface area contributed by atoms with Crippen molar-refractivity contribution in [2.45, 2.75) is 32.4 Å². The van der Waals surface area contributed by atoms with Gasteiger partial charge in [-0.3, -0.25) is 4.40 Å². The normalized spacial score (nSPS) is 14.9. The van der Waals surface area contributed by atoms with Crippen LogP contribution in [0.3, 0.4) is 0 Å². The Labute approximate surface area is 197 Å². The summed E-state index contributed by atoms with van der Waals surface area (Å²) < 4.78 is 30.3. The van der Waals surface area contributed by atoms with Gasteiger partial charge in [-0.05, 0) is 68.8 Å². The Kier molecular flexibility index (Phi) is 6.01. The predicted octanol–water partition coefficient (Wildman–Crippen LogP) is 6.78. The first-order valence-electron chi connectivity index (χ1n) is 11.6. The molecule has 3 heterocycles. The molecule has 1 fully saturated rings. The van der Waals surface area contributed by atoms with E-state index in [0.717, 1.165) is 54.2 Å². The fourth-order valence-corrected chi connectivity index (χ4v) is 4.66. The predicted molar refractivity (Wildman–Crippen MR) is 133 cm³/mol. The molecule has 1 N–H and O–H groups in total. The quantitative estimate of drug-likeness (QED) is 0.345. The molecule has 2 aromatic carbocycles. The second-order valence-electron chi connectivity index (χ2n) is 8.57. The molecule has 1 aliphatic heterocycles. The molecule has 7 heteroatoms. The standard InChI is InChI=1S/C27H27F2N5/c1-3-30-23-12-9-20(17-22(23)18(2)28)25-24(19-7-10-21(29)11-8-19)32-27-26(31-13-16-34(25)27)33-14-5-4-6-15-33/h3,7-13,16-18,30H,1,4-6,14-15H2,2H3. The molecule has 0 saturated carbocycles. The third kappa shape index (κ3) is 4.02. The van der Waals surface area contributed by atoms with Crippen LogP contribution in [0.25, 0.3) is 28.2 Å². The Bertz CT molecular complexity index is 1320. The zero-order valence-electron chi connectivity index (χ0n) is 19.1. The van der Waals surface area contributed by atoms with Crippen LogP contribution in [0.2, 0.25) is 0 Å². The number of nitrogens with zero attached hydrogens (tertiary/aromatic N) is 4. The maximum Gasteiger partial charge on any atom is 0.181 e. The van der Waals surface area contributed by atoms with Gasteiger partial charge < -0.3 is 10.2 Å². The second-order valence-corrected chi connectivity index (χ2v) is 8.57. The van der Waals surface area contributed by atoms with Gasteiger partial charge in [0.05, 0.1) is 11.4 Å². The summed E-state index contributed by atoms with van der Waals surface area (Å²) in [7, 11) is 0. The van der Waals surface area contributed by atoms with Gasteiger partial charge in [0.1, 0.15) is 12.0 Å². The second kappa shape index (κ2) is 9.25. The lowest BCUT2D eigenvalue weighted by molar-refractivity contribution is 0.375. The largest absolute Gasteiger partial charge is 0.362 e. The molecule has 1 saturated heterocycles. The molecule has 0 aliphatic carbocycles. The Balaban J connectivity index is 1.76. The number of alkyl halides is 1. The summed E-state index contributed by atoms with van der Waals surface area (Å²) in [4.78, 5) is 12.0. The van der Waals surface area contributed by atoms with E-state index in [1.807, 2.05) is 28.8 Å². The van der Waals surface area contributed by atoms with E-state index in [-0.39, 0.29) is 5.82 Å². The Morgan fingerprint density at radius 1 is 1.06 bits per heavy atom. The summed E-state index contributed by atoms with van der Waals surface area (Å²) in [5, 5.41) is 3.01. The number of hydrogen-bond donors (Lipinski definition) is 1. The van der Waals surface area contributed by atoms with Crippen molar-refractivity contribution in [3.63, 3.8) is 0 Å². The van der Waals surface area contributed by atoms with Crippen LogP contribution in [0, 0.1) is 5.82 Å². The summed E-state index contributed by atoms with van der Waals surface area (Å²) in [6.45, 7) is 7.08. The van der Waals surface area contributed by atoms with Crippen molar-refractivity contribution in [3.05, 3.63) is 79.0 Å². The monoisotopic (exact) mass is 459 g/mol. The van der Waals surface area contributed by atoms with Gasteiger partial charge in [0.2, 0.25) is 0 Å². The van der Waals surface area contributed by atoms with Gasteiger partial charge in [-0.1, -0.05) is 12.6 Å². The van der Waals surface area contributed by atoms with Crippen molar-refractivity contribution in [3.8, 4) is 22.5 Å². The molecular formula is C27H27F2N5. The smallest absolute Gasteiger partial charge is 0.181 e. The highest BCUT2D eigenvalue weighted by Gasteiger charge is 2.23. The Morgan fingerprint density at radius 2 is 1.79 bits per heavy atom. The van der Waals surface area contributed by atoms with E-state index in [1.54, 1.807) is 18.3 Å². The third-order valence-corrected chi connectivity index (χ3v) is 6.31. The number of fused-ring (bicyclic) bond motifs is 1. The van der Waals surface area contributed by atoms with Crippen LogP contribution in [0.1, 0.15) is 37.9 Å². The van der Waals surface area contributed by atoms with Gasteiger partial charge >= 0.3 is 0 Å². The number of halogens is 2. The van der Waals surface area contributed by atoms with Crippen molar-refractivity contribution in [2.24, 2.45) is 0 Å². The van der Waals surface area contributed by atoms with E-state index >= 15 is 0 Å². The van der Waals surface area contributed by atoms with Crippen molar-refractivity contribution < 1.29 is 8.78 Å². The summed E-state index contributed by atoms with van der Waals surface area (Å²) in [5.41, 5.74) is 5.05. The molecular weight excluding hydrogens is 432 g/mol. The first kappa shape index (κ1) is 22.1. The van der Waals surface area contributed by atoms with Gasteiger partial charge in [0.25, 0.3) is 0 Å². The van der Waals surface area contributed by atoms with Gasteiger partial charge in [-0.2, -0.15) is 0 Å². The topological polar surface area (TPSA) is 45.5 Å². The third-order valence-electron chi connectivity index (χ3n) is 6.31. The van der Waals surface area contributed by atoms with Crippen LogP contribution in [0.5, 0.6) is 0 Å². The molecule has 34 heavy (non-hydrogen) atoms. The maximum atomic E-state index is 14.6. The van der Waals surface area contributed by atoms with Crippen LogP contribution < -0.4 is 10.2 Å². The Morgan fingerprint density at radius 3 is 2.50 bits per heavy atom. The number of hydrogen-bond acceptors (Lipinski definition) is 4. The molecule has 0 amide bonds. The number of imidazole rings is 1. The van der Waals surface area contributed by atoms with Crippen LogP contribution in [0.15, 0.2) is 67.6 Å². The average Bonchev–Trinajstić information content (AvgIpc) is 3.25. The number of piperidine rings is 1. The maximum absolute atomic E-state index is 14.6. The van der Waals surface area contributed by atoms with Crippen molar-refractivity contribution in [2.75, 3.05) is 23.3 Å². The van der Waals surface area contributed by atoms with E-state index in [9.17, 15) is 8.78 Å². The summed E-state index contributed by atoms with van der Waals surface area (Å²) in [6.07, 6.45) is 7.48. The highest BCUT2D eigenvalue weighted by Crippen LogP contribution is 2.38. The molecule has 0 spiro atoms. The molecule has 4 aromatic rings. The molecule has 1 atom stereocenters. The zero-order valence-corrected chi connectivity index (χ0v) is 19.1. The van der Waals surface area contributed by atoms with Crippen LogP contribution in [0.4, 0.5) is 20.3 Å². The van der Waals surface area contributed by atoms with Gasteiger partial charge in [-0.25, -0.2) is 18.7 Å². The van der Waals surface area contributed by atoms with Gasteiger partial charge in [0, 0.05) is 47.9 Å². The van der Waals surface area contributed by atoms with E-state index in [2.05, 4.69) is 21.8 Å². The first-order valence-corrected chi connectivity index (χ1v) is 11.6. The molecule has 0 bridgehead atoms. The number of benzene rings is 2. The van der Waals surface area contributed by atoms with E-state index in [1.165, 1.54) is 31.7 Å². The lowest BCUT2D eigenvalue weighted by Gasteiger charge is -2.27. The minimum absolute atomic E-state index is 0.307. The summed E-state index contributed by atoms with van der Waals surface area (Å²) in [5.74, 6) is 0.527. The van der Waals surface area contributed by atoms with Crippen molar-refractivity contribution >= 4 is 17.2 Å². The fraction of sp³-hybridized carbons (Fsp3) is 0.259. The number of aromatic nitrogens is 3. The SMILES string of the molecule is C=CNc1ccc(-c2c(-c3ccc(F)cc3)nc3c(N4CCCCC4)nccn23)cc1C(C)F. The Hall–Kier alpha value is -3.74. The van der Waals surface area contributed by atoms with Crippen LogP contribution in [-0.2, 0) is 0 Å². The fourth-order valence-electron chi connectivity index (χ4n) is 4.66. The molecule has 174 valence electrons. The molecule has 2 aromatic heterocycles. The molecule has 1 aliphatic rings. The minimum Gasteiger partial charge on any atom is -0.362 e. The molecule has 1 unspecified atom stereocenters. The van der Waals surface area contributed by atoms with E-state index in [0.29, 0.717) is 16.9 Å². The highest BCUT2D eigenvalue weighted by molar-refractivity contribution is 5.85. The van der Waals surface area contributed by atoms with Gasteiger partial charge in [-0.15, -0.1) is 0 Å². The van der Waals surface area contributed by atoms with E-state index in [4.69, 9.17) is 4.98 Å². The van der Waals surface area contributed by atoms with Gasteiger partial charge in [0.15, 0.2) is 11.5 Å². The zero-order chi connectivity index (χ0) is 23.7. The molecule has 0 radical (unpaired) electrons. The van der Waals surface area contributed by atoms with Crippen LogP contribution >= 0.6 is 0 Å². The minimum atomic E-state index is -1.18. The molecule has 5 rings (SSSR count). The average molecular weight is 460 g/mol. The van der Waals surface area contributed by atoms with Crippen molar-refractivity contribution in [1.29, 1.82) is 0 Å². The van der Waals surface area contributed by atoms with Crippen molar-refractivity contribution in [1.82, 2.24) is 14.4 Å². The number of nitrogens with one attached hydrogen (secondary N) is 1. The summed E-state index contributed by atoms with van der Waals surface area (Å²) >= 11 is 0. The first-order chi connectivity index (χ1) is 16.6. The number of anilines is 2. The lowest BCUT2D eigenvalue weighted by Crippen LogP contribution is -2.30. The van der Waals surface area contributed by atoms with Crippen LogP contribution in [-0.4, -0.2) is 27.5 Å². The summed E-state index contributed by atoms with van der Waals surface area (Å²) in [6, 6.07) is 11.9.